The van der Waals surface area contributed by atoms with E-state index in [1.807, 2.05) is 17.0 Å². The van der Waals surface area contributed by atoms with Crippen LogP contribution in [0.2, 0.25) is 0 Å². The van der Waals surface area contributed by atoms with E-state index in [2.05, 4.69) is 41.7 Å². The summed E-state index contributed by atoms with van der Waals surface area (Å²) in [6.07, 6.45) is 2.20. The monoisotopic (exact) mass is 307 g/mol. The molecule has 1 fully saturated rings. The first kappa shape index (κ1) is 15.5. The van der Waals surface area contributed by atoms with E-state index in [0.717, 1.165) is 19.4 Å². The Labute approximate surface area is 136 Å². The van der Waals surface area contributed by atoms with Crippen LogP contribution in [0.3, 0.4) is 0 Å². The van der Waals surface area contributed by atoms with Crippen molar-refractivity contribution in [2.45, 2.75) is 25.3 Å². The van der Waals surface area contributed by atoms with Gasteiger partial charge in [0.05, 0.1) is 12.6 Å². The molecule has 1 heterocycles. The van der Waals surface area contributed by atoms with Gasteiger partial charge in [-0.3, -0.25) is 4.79 Å². The minimum atomic E-state index is 0.152. The molecule has 1 aliphatic heterocycles. The topological polar surface area (TPSA) is 56.1 Å². The van der Waals surface area contributed by atoms with Crippen LogP contribution in [-0.4, -0.2) is 36.5 Å². The van der Waals surface area contributed by atoms with Crippen molar-refractivity contribution in [3.05, 3.63) is 48.0 Å². The molecule has 0 radical (unpaired) electrons. The predicted octanol–water partition coefficient (Wildman–Crippen LogP) is 2.49. The summed E-state index contributed by atoms with van der Waals surface area (Å²) < 4.78 is 0. The van der Waals surface area contributed by atoms with E-state index in [0.29, 0.717) is 19.5 Å². The molecule has 4 nitrogen and oxygen atoms in total. The van der Waals surface area contributed by atoms with E-state index in [1.165, 1.54) is 16.3 Å². The number of nitrogens with one attached hydrogen (secondary N) is 1. The number of piperazine rings is 1. The van der Waals surface area contributed by atoms with Crippen molar-refractivity contribution in [1.29, 1.82) is 5.26 Å². The van der Waals surface area contributed by atoms with Crippen LogP contribution in [0.25, 0.3) is 10.8 Å². The third kappa shape index (κ3) is 3.88. The fourth-order valence-corrected chi connectivity index (χ4v) is 3.08. The van der Waals surface area contributed by atoms with E-state index in [1.54, 1.807) is 0 Å². The van der Waals surface area contributed by atoms with Gasteiger partial charge < -0.3 is 10.2 Å². The van der Waals surface area contributed by atoms with E-state index in [9.17, 15) is 4.79 Å². The summed E-state index contributed by atoms with van der Waals surface area (Å²) in [5, 5.41) is 14.4. The Hall–Kier alpha value is -2.38. The van der Waals surface area contributed by atoms with Crippen molar-refractivity contribution in [3.63, 3.8) is 0 Å². The average molecular weight is 307 g/mol. The summed E-state index contributed by atoms with van der Waals surface area (Å²) >= 11 is 0. The Kier molecular flexibility index (Phi) is 4.89. The number of carbonyl (C=O) groups is 1. The Morgan fingerprint density at radius 3 is 2.87 bits per heavy atom. The Morgan fingerprint density at radius 1 is 1.22 bits per heavy atom. The SMILES string of the molecule is N#CCC[C@H]1CN(CCc2ccc3ccccc3c2)C(=O)CN1. The molecule has 2 aromatic rings. The first-order chi connectivity index (χ1) is 11.3. The average Bonchev–Trinajstić information content (AvgIpc) is 2.59. The Bertz CT molecular complexity index is 735. The molecule has 4 heteroatoms. The number of hydrogen-bond donors (Lipinski definition) is 1. The maximum Gasteiger partial charge on any atom is 0.236 e. The molecular weight excluding hydrogens is 286 g/mol. The van der Waals surface area contributed by atoms with Gasteiger partial charge in [-0.1, -0.05) is 42.5 Å². The molecular formula is C19H21N3O. The van der Waals surface area contributed by atoms with Crippen molar-refractivity contribution in [1.82, 2.24) is 10.2 Å². The molecule has 0 bridgehead atoms. The van der Waals surface area contributed by atoms with Gasteiger partial charge in [0, 0.05) is 25.6 Å². The highest BCUT2D eigenvalue weighted by molar-refractivity contribution is 5.83. The number of amides is 1. The zero-order valence-electron chi connectivity index (χ0n) is 13.2. The number of fused-ring (bicyclic) bond motifs is 1. The molecule has 2 aromatic carbocycles. The summed E-state index contributed by atoms with van der Waals surface area (Å²) in [7, 11) is 0. The van der Waals surface area contributed by atoms with E-state index < -0.39 is 0 Å². The van der Waals surface area contributed by atoms with Gasteiger partial charge in [0.1, 0.15) is 0 Å². The molecule has 1 aliphatic rings. The lowest BCUT2D eigenvalue weighted by Gasteiger charge is -2.33. The summed E-state index contributed by atoms with van der Waals surface area (Å²) in [4.78, 5) is 14.0. The van der Waals surface area contributed by atoms with E-state index in [-0.39, 0.29) is 11.9 Å². The fraction of sp³-hybridized carbons (Fsp3) is 0.368. The van der Waals surface area contributed by atoms with Crippen LogP contribution in [0.4, 0.5) is 0 Å². The third-order valence-corrected chi connectivity index (χ3v) is 4.42. The number of hydrogen-bond acceptors (Lipinski definition) is 3. The van der Waals surface area contributed by atoms with Crippen LogP contribution >= 0.6 is 0 Å². The zero-order chi connectivity index (χ0) is 16.1. The molecule has 0 aromatic heterocycles. The lowest BCUT2D eigenvalue weighted by molar-refractivity contribution is -0.133. The van der Waals surface area contributed by atoms with Crippen LogP contribution in [0.5, 0.6) is 0 Å². The second-order valence-corrected chi connectivity index (χ2v) is 6.05. The third-order valence-electron chi connectivity index (χ3n) is 4.42. The number of nitrogens with zero attached hydrogens (tertiary/aromatic N) is 2. The molecule has 0 aliphatic carbocycles. The van der Waals surface area contributed by atoms with Crippen LogP contribution in [-0.2, 0) is 11.2 Å². The standard InChI is InChI=1S/C19H21N3O/c20-10-3-6-18-14-22(19(23)13-21-18)11-9-15-7-8-16-4-1-2-5-17(16)12-15/h1-2,4-5,7-8,12,18,21H,3,6,9,11,13-14H2/t18-/m0/s1. The van der Waals surface area contributed by atoms with Crippen LogP contribution in [0.1, 0.15) is 18.4 Å². The van der Waals surface area contributed by atoms with Gasteiger partial charge >= 0.3 is 0 Å². The van der Waals surface area contributed by atoms with E-state index in [4.69, 9.17) is 5.26 Å². The number of benzene rings is 2. The second-order valence-electron chi connectivity index (χ2n) is 6.05. The zero-order valence-corrected chi connectivity index (χ0v) is 13.2. The summed E-state index contributed by atoms with van der Waals surface area (Å²) in [5.74, 6) is 0.152. The van der Waals surface area contributed by atoms with Gasteiger partial charge in [0.25, 0.3) is 0 Å². The molecule has 0 spiro atoms. The maximum atomic E-state index is 12.0. The molecule has 0 unspecified atom stereocenters. The van der Waals surface area contributed by atoms with Gasteiger partial charge in [-0.15, -0.1) is 0 Å². The van der Waals surface area contributed by atoms with Crippen LogP contribution < -0.4 is 5.32 Å². The normalized spacial score (nSPS) is 18.1. The van der Waals surface area contributed by atoms with Gasteiger partial charge in [0.2, 0.25) is 5.91 Å². The van der Waals surface area contributed by atoms with Crippen molar-refractivity contribution >= 4 is 16.7 Å². The van der Waals surface area contributed by atoms with Gasteiger partial charge in [-0.25, -0.2) is 0 Å². The van der Waals surface area contributed by atoms with Gasteiger partial charge in [0.15, 0.2) is 0 Å². The number of nitriles is 1. The van der Waals surface area contributed by atoms with Crippen molar-refractivity contribution < 1.29 is 4.79 Å². The fourth-order valence-electron chi connectivity index (χ4n) is 3.08. The van der Waals surface area contributed by atoms with Crippen molar-refractivity contribution in [2.75, 3.05) is 19.6 Å². The summed E-state index contributed by atoms with van der Waals surface area (Å²) in [5.41, 5.74) is 1.25. The predicted molar refractivity (Wildman–Crippen MR) is 90.9 cm³/mol. The second kappa shape index (κ2) is 7.26. The highest BCUT2D eigenvalue weighted by Crippen LogP contribution is 2.16. The summed E-state index contributed by atoms with van der Waals surface area (Å²) in [6.45, 7) is 1.82. The highest BCUT2D eigenvalue weighted by atomic mass is 16.2. The maximum absolute atomic E-state index is 12.0. The smallest absolute Gasteiger partial charge is 0.236 e. The molecule has 1 amide bonds. The molecule has 1 atom stereocenters. The molecule has 118 valence electrons. The number of carbonyl (C=O) groups excluding carboxylic acids is 1. The van der Waals surface area contributed by atoms with E-state index >= 15 is 0 Å². The Morgan fingerprint density at radius 2 is 2.04 bits per heavy atom. The lowest BCUT2D eigenvalue weighted by atomic mass is 10.0. The minimum Gasteiger partial charge on any atom is -0.340 e. The quantitative estimate of drug-likeness (QED) is 0.923. The largest absolute Gasteiger partial charge is 0.340 e. The Balaban J connectivity index is 1.61. The van der Waals surface area contributed by atoms with Crippen LogP contribution in [0.15, 0.2) is 42.5 Å². The molecule has 1 N–H and O–H groups in total. The van der Waals surface area contributed by atoms with Gasteiger partial charge in [-0.05, 0) is 29.2 Å². The lowest BCUT2D eigenvalue weighted by Crippen LogP contribution is -2.54. The van der Waals surface area contributed by atoms with Gasteiger partial charge in [-0.2, -0.15) is 5.26 Å². The minimum absolute atomic E-state index is 0.152. The molecule has 3 rings (SSSR count). The summed E-state index contributed by atoms with van der Waals surface area (Å²) in [6, 6.07) is 17.2. The first-order valence-corrected chi connectivity index (χ1v) is 8.12. The van der Waals surface area contributed by atoms with Crippen LogP contribution in [0, 0.1) is 11.3 Å². The first-order valence-electron chi connectivity index (χ1n) is 8.12. The molecule has 23 heavy (non-hydrogen) atoms. The molecule has 1 saturated heterocycles. The van der Waals surface area contributed by atoms with Crippen molar-refractivity contribution in [3.8, 4) is 6.07 Å². The van der Waals surface area contributed by atoms with Crippen molar-refractivity contribution in [2.24, 2.45) is 0 Å². The molecule has 0 saturated carbocycles. The number of rotatable bonds is 5. The highest BCUT2D eigenvalue weighted by Gasteiger charge is 2.24.